The molecule has 166 valence electrons. The highest BCUT2D eigenvalue weighted by molar-refractivity contribution is 7.89. The number of esters is 1. The second kappa shape index (κ2) is 9.71. The van der Waals surface area contributed by atoms with Crippen LogP contribution in [0.3, 0.4) is 0 Å². The Morgan fingerprint density at radius 3 is 2.29 bits per heavy atom. The number of hydrogen-bond donors (Lipinski definition) is 1. The van der Waals surface area contributed by atoms with Crippen molar-refractivity contribution in [3.63, 3.8) is 0 Å². The molecule has 2 aromatic carbocycles. The van der Waals surface area contributed by atoms with E-state index < -0.39 is 45.7 Å². The molecule has 0 saturated carbocycles. The minimum atomic E-state index is -3.59. The number of nitrogens with one attached hydrogen (secondary N) is 1. The summed E-state index contributed by atoms with van der Waals surface area (Å²) in [6.45, 7) is 0.254. The van der Waals surface area contributed by atoms with E-state index in [4.69, 9.17) is 16.3 Å². The number of rotatable bonds is 6. The Kier molecular flexibility index (Phi) is 7.24. The number of hydrogen-bond acceptors (Lipinski definition) is 5. The highest BCUT2D eigenvalue weighted by Crippen LogP contribution is 2.23. The van der Waals surface area contributed by atoms with E-state index in [1.165, 1.54) is 28.6 Å². The van der Waals surface area contributed by atoms with Crippen LogP contribution in [-0.2, 0) is 19.6 Å². The van der Waals surface area contributed by atoms with Crippen molar-refractivity contribution in [3.8, 4) is 0 Å². The largest absolute Gasteiger partial charge is 0.452 e. The predicted molar refractivity (Wildman–Crippen MR) is 109 cm³/mol. The van der Waals surface area contributed by atoms with E-state index in [0.29, 0.717) is 30.9 Å². The van der Waals surface area contributed by atoms with Crippen molar-refractivity contribution in [1.82, 2.24) is 4.31 Å². The van der Waals surface area contributed by atoms with Crippen molar-refractivity contribution in [1.29, 1.82) is 0 Å². The van der Waals surface area contributed by atoms with Gasteiger partial charge in [-0.1, -0.05) is 18.0 Å². The van der Waals surface area contributed by atoms with E-state index in [1.54, 1.807) is 0 Å². The summed E-state index contributed by atoms with van der Waals surface area (Å²) in [5, 5.41) is 2.10. The molecule has 3 rings (SSSR count). The van der Waals surface area contributed by atoms with Gasteiger partial charge in [-0.2, -0.15) is 4.31 Å². The summed E-state index contributed by atoms with van der Waals surface area (Å²) in [5.41, 5.74) is -0.120. The number of piperidine rings is 1. The summed E-state index contributed by atoms with van der Waals surface area (Å²) < 4.78 is 57.8. The lowest BCUT2D eigenvalue weighted by Crippen LogP contribution is -2.35. The number of nitrogens with zero attached hydrogens (tertiary/aromatic N) is 1. The number of carbonyl (C=O) groups is 2. The summed E-state index contributed by atoms with van der Waals surface area (Å²) in [4.78, 5) is 24.1. The van der Waals surface area contributed by atoms with Crippen LogP contribution in [-0.4, -0.2) is 44.3 Å². The molecular weight excluding hydrogens is 454 g/mol. The molecule has 1 aliphatic rings. The molecule has 1 heterocycles. The normalized spacial score (nSPS) is 14.8. The van der Waals surface area contributed by atoms with E-state index in [1.807, 2.05) is 0 Å². The highest BCUT2D eigenvalue weighted by atomic mass is 35.5. The topological polar surface area (TPSA) is 92.8 Å². The van der Waals surface area contributed by atoms with Crippen LogP contribution in [0.15, 0.2) is 41.3 Å². The molecule has 0 unspecified atom stereocenters. The average molecular weight is 473 g/mol. The molecule has 0 atom stereocenters. The number of amides is 1. The van der Waals surface area contributed by atoms with E-state index in [-0.39, 0.29) is 9.92 Å². The third kappa shape index (κ3) is 5.57. The van der Waals surface area contributed by atoms with E-state index in [2.05, 4.69) is 5.32 Å². The van der Waals surface area contributed by atoms with Crippen molar-refractivity contribution in [2.75, 3.05) is 25.0 Å². The fourth-order valence-electron chi connectivity index (χ4n) is 3.05. The lowest BCUT2D eigenvalue weighted by molar-refractivity contribution is -0.119. The average Bonchev–Trinajstić information content (AvgIpc) is 2.75. The van der Waals surface area contributed by atoms with Gasteiger partial charge in [0.1, 0.15) is 0 Å². The van der Waals surface area contributed by atoms with Crippen LogP contribution in [0.2, 0.25) is 5.02 Å². The molecule has 1 aliphatic heterocycles. The smallest absolute Gasteiger partial charge is 0.340 e. The molecule has 1 fully saturated rings. The summed E-state index contributed by atoms with van der Waals surface area (Å²) >= 11 is 5.69. The molecule has 1 saturated heterocycles. The Morgan fingerprint density at radius 2 is 1.65 bits per heavy atom. The van der Waals surface area contributed by atoms with Crippen LogP contribution >= 0.6 is 11.6 Å². The lowest BCUT2D eigenvalue weighted by Gasteiger charge is -2.25. The minimum Gasteiger partial charge on any atom is -0.452 e. The van der Waals surface area contributed by atoms with Crippen LogP contribution < -0.4 is 5.32 Å². The van der Waals surface area contributed by atoms with Crippen LogP contribution in [0.4, 0.5) is 14.5 Å². The van der Waals surface area contributed by atoms with Crippen LogP contribution in [0.25, 0.3) is 0 Å². The molecule has 2 aromatic rings. The maximum Gasteiger partial charge on any atom is 0.340 e. The minimum absolute atomic E-state index is 0.117. The van der Waals surface area contributed by atoms with Gasteiger partial charge in [0.15, 0.2) is 18.2 Å². The van der Waals surface area contributed by atoms with Gasteiger partial charge in [-0.05, 0) is 49.2 Å². The molecule has 7 nitrogen and oxygen atoms in total. The maximum absolute atomic E-state index is 13.3. The molecule has 0 aromatic heterocycles. The Balaban J connectivity index is 1.57. The van der Waals surface area contributed by atoms with Crippen molar-refractivity contribution in [2.24, 2.45) is 0 Å². The first kappa shape index (κ1) is 23.1. The lowest BCUT2D eigenvalue weighted by atomic mass is 10.2. The molecule has 0 bridgehead atoms. The van der Waals surface area contributed by atoms with Crippen LogP contribution in [0, 0.1) is 11.6 Å². The Morgan fingerprint density at radius 1 is 1.03 bits per heavy atom. The van der Waals surface area contributed by atoms with Gasteiger partial charge in [-0.25, -0.2) is 22.0 Å². The fraction of sp³-hybridized carbons (Fsp3) is 0.300. The summed E-state index contributed by atoms with van der Waals surface area (Å²) in [6.07, 6.45) is 2.65. The van der Waals surface area contributed by atoms with Gasteiger partial charge < -0.3 is 10.1 Å². The first-order chi connectivity index (χ1) is 14.7. The van der Waals surface area contributed by atoms with Gasteiger partial charge in [0.05, 0.1) is 15.5 Å². The molecule has 0 radical (unpaired) electrons. The first-order valence-corrected chi connectivity index (χ1v) is 11.2. The third-order valence-electron chi connectivity index (χ3n) is 4.66. The van der Waals surface area contributed by atoms with Gasteiger partial charge in [-0.15, -0.1) is 0 Å². The van der Waals surface area contributed by atoms with Crippen molar-refractivity contribution < 1.29 is 31.5 Å². The molecular formula is C20H19ClF2N2O5S. The van der Waals surface area contributed by atoms with Crippen molar-refractivity contribution in [2.45, 2.75) is 24.2 Å². The molecule has 11 heteroatoms. The molecule has 0 spiro atoms. The molecule has 1 N–H and O–H groups in total. The first-order valence-electron chi connectivity index (χ1n) is 9.40. The quantitative estimate of drug-likeness (QED) is 0.512. The van der Waals surface area contributed by atoms with Gasteiger partial charge in [0, 0.05) is 18.8 Å². The standard InChI is InChI=1S/C20H19ClF2N2O5S/c21-16-11-18(23)17(22)10-15(16)20(27)30-12-19(26)24-13-4-6-14(7-5-13)31(28,29)25-8-2-1-3-9-25/h4-7,10-11H,1-3,8-9,12H2,(H,24,26). The van der Waals surface area contributed by atoms with Gasteiger partial charge >= 0.3 is 5.97 Å². The number of halogens is 3. The van der Waals surface area contributed by atoms with Gasteiger partial charge in [-0.3, -0.25) is 4.79 Å². The number of sulfonamides is 1. The fourth-order valence-corrected chi connectivity index (χ4v) is 4.79. The summed E-state index contributed by atoms with van der Waals surface area (Å²) in [7, 11) is -3.59. The zero-order valence-electron chi connectivity index (χ0n) is 16.2. The Bertz CT molecular complexity index is 1090. The number of anilines is 1. The van der Waals surface area contributed by atoms with Crippen LogP contribution in [0.5, 0.6) is 0 Å². The van der Waals surface area contributed by atoms with Crippen molar-refractivity contribution >= 4 is 39.2 Å². The Labute approximate surface area is 183 Å². The Hall–Kier alpha value is -2.56. The second-order valence-corrected chi connectivity index (χ2v) is 9.20. The van der Waals surface area contributed by atoms with E-state index >= 15 is 0 Å². The van der Waals surface area contributed by atoms with E-state index in [0.717, 1.165) is 19.3 Å². The summed E-state index contributed by atoms with van der Waals surface area (Å²) in [6, 6.07) is 6.82. The van der Waals surface area contributed by atoms with Gasteiger partial charge in [0.25, 0.3) is 5.91 Å². The van der Waals surface area contributed by atoms with Crippen molar-refractivity contribution in [3.05, 3.63) is 58.6 Å². The van der Waals surface area contributed by atoms with E-state index in [9.17, 15) is 26.8 Å². The molecule has 1 amide bonds. The van der Waals surface area contributed by atoms with Gasteiger partial charge in [0.2, 0.25) is 10.0 Å². The number of carbonyl (C=O) groups excluding carboxylic acids is 2. The third-order valence-corrected chi connectivity index (χ3v) is 6.88. The number of ether oxygens (including phenoxy) is 1. The van der Waals surface area contributed by atoms with Crippen LogP contribution in [0.1, 0.15) is 29.6 Å². The monoisotopic (exact) mass is 472 g/mol. The number of benzene rings is 2. The zero-order chi connectivity index (χ0) is 22.6. The SMILES string of the molecule is O=C(COC(=O)c1cc(F)c(F)cc1Cl)Nc1ccc(S(=O)(=O)N2CCCCC2)cc1. The zero-order valence-corrected chi connectivity index (χ0v) is 17.8. The maximum atomic E-state index is 13.3. The predicted octanol–water partition coefficient (Wildman–Crippen LogP) is 3.59. The second-order valence-electron chi connectivity index (χ2n) is 6.86. The highest BCUT2D eigenvalue weighted by Gasteiger charge is 2.25. The molecule has 0 aliphatic carbocycles. The summed E-state index contributed by atoms with van der Waals surface area (Å²) in [5.74, 6) is -4.30. The molecule has 31 heavy (non-hydrogen) atoms.